The number of sulfone groups is 1. The van der Waals surface area contributed by atoms with E-state index in [1.54, 1.807) is 25.2 Å². The summed E-state index contributed by atoms with van der Waals surface area (Å²) >= 11 is 1.58. The highest BCUT2D eigenvalue weighted by atomic mass is 32.2. The molecule has 0 aromatic carbocycles. The van der Waals surface area contributed by atoms with Crippen LogP contribution in [-0.4, -0.2) is 48.6 Å². The second-order valence-electron chi connectivity index (χ2n) is 6.05. The van der Waals surface area contributed by atoms with Crippen molar-refractivity contribution in [2.75, 3.05) is 18.6 Å². The molecule has 1 aliphatic heterocycles. The Morgan fingerprint density at radius 1 is 1.48 bits per heavy atom. The minimum absolute atomic E-state index is 0.114. The zero-order valence-corrected chi connectivity index (χ0v) is 14.2. The molecule has 21 heavy (non-hydrogen) atoms. The van der Waals surface area contributed by atoms with Gasteiger partial charge in [-0.2, -0.15) is 0 Å². The Morgan fingerprint density at radius 3 is 2.76 bits per heavy atom. The topological polar surface area (TPSA) is 57.6 Å². The third-order valence-corrected chi connectivity index (χ3v) is 6.13. The highest BCUT2D eigenvalue weighted by Crippen LogP contribution is 2.22. The van der Waals surface area contributed by atoms with Gasteiger partial charge in [0.2, 0.25) is 0 Å². The van der Waals surface area contributed by atoms with Crippen LogP contribution in [0, 0.1) is 11.8 Å². The Balaban J connectivity index is 1.98. The third kappa shape index (κ3) is 5.11. The zero-order valence-electron chi connectivity index (χ0n) is 12.6. The van der Waals surface area contributed by atoms with E-state index in [0.717, 1.165) is 22.7 Å². The number of aliphatic hydroxyl groups is 1. The van der Waals surface area contributed by atoms with Crippen molar-refractivity contribution in [2.24, 2.45) is 0 Å². The maximum Gasteiger partial charge on any atom is 0.151 e. The monoisotopic (exact) mass is 327 g/mol. The third-order valence-electron chi connectivity index (χ3n) is 3.39. The van der Waals surface area contributed by atoms with Crippen molar-refractivity contribution in [3.05, 3.63) is 21.9 Å². The summed E-state index contributed by atoms with van der Waals surface area (Å²) in [4.78, 5) is 4.17. The second kappa shape index (κ2) is 6.09. The summed E-state index contributed by atoms with van der Waals surface area (Å²) in [5.41, 5.74) is -0.987. The molecule has 0 radical (unpaired) electrons. The van der Waals surface area contributed by atoms with Crippen LogP contribution in [0.2, 0.25) is 0 Å². The van der Waals surface area contributed by atoms with E-state index >= 15 is 0 Å². The highest BCUT2D eigenvalue weighted by molar-refractivity contribution is 7.91. The fourth-order valence-corrected chi connectivity index (χ4v) is 4.97. The molecule has 1 aliphatic rings. The molecule has 1 aromatic heterocycles. The lowest BCUT2D eigenvalue weighted by Gasteiger charge is -2.22. The van der Waals surface area contributed by atoms with Crippen molar-refractivity contribution < 1.29 is 13.5 Å². The Labute approximate surface area is 130 Å². The van der Waals surface area contributed by atoms with Gasteiger partial charge in [0.25, 0.3) is 0 Å². The first kappa shape index (κ1) is 16.5. The van der Waals surface area contributed by atoms with E-state index < -0.39 is 15.4 Å². The van der Waals surface area contributed by atoms with E-state index in [9.17, 15) is 13.5 Å². The van der Waals surface area contributed by atoms with E-state index in [1.807, 2.05) is 19.2 Å². The van der Waals surface area contributed by atoms with Gasteiger partial charge in [-0.15, -0.1) is 11.3 Å². The Hall–Kier alpha value is -0.870. The first-order valence-corrected chi connectivity index (χ1v) is 9.53. The maximum atomic E-state index is 11.5. The minimum Gasteiger partial charge on any atom is -0.378 e. The van der Waals surface area contributed by atoms with E-state index in [0.29, 0.717) is 5.75 Å². The molecule has 0 aliphatic carbocycles. The Morgan fingerprint density at radius 2 is 2.19 bits per heavy atom. The van der Waals surface area contributed by atoms with Crippen molar-refractivity contribution in [1.29, 1.82) is 0 Å². The predicted molar refractivity (Wildman–Crippen MR) is 86.0 cm³/mol. The lowest BCUT2D eigenvalue weighted by molar-refractivity contribution is 0.143. The van der Waals surface area contributed by atoms with E-state index in [-0.39, 0.29) is 11.8 Å². The molecule has 1 atom stereocenters. The number of hydrogen-bond donors (Lipinski definition) is 1. The van der Waals surface area contributed by atoms with Crippen LogP contribution in [0.1, 0.15) is 30.0 Å². The smallest absolute Gasteiger partial charge is 0.151 e. The molecule has 4 nitrogen and oxygen atoms in total. The van der Waals surface area contributed by atoms with E-state index in [1.165, 1.54) is 0 Å². The van der Waals surface area contributed by atoms with Gasteiger partial charge in [0.05, 0.1) is 16.4 Å². The van der Waals surface area contributed by atoms with Gasteiger partial charge in [0.1, 0.15) is 5.60 Å². The predicted octanol–water partition coefficient (Wildman–Crippen LogP) is 1.49. The van der Waals surface area contributed by atoms with Crippen LogP contribution < -0.4 is 0 Å². The first-order valence-electron chi connectivity index (χ1n) is 6.89. The molecule has 0 bridgehead atoms. The van der Waals surface area contributed by atoms with Crippen molar-refractivity contribution in [3.8, 4) is 11.8 Å². The fourth-order valence-electron chi connectivity index (χ4n) is 2.24. The fraction of sp³-hybridized carbons (Fsp3) is 0.600. The number of nitrogens with zero attached hydrogens (tertiary/aromatic N) is 1. The van der Waals surface area contributed by atoms with E-state index in [2.05, 4.69) is 16.7 Å². The van der Waals surface area contributed by atoms with Gasteiger partial charge in [0, 0.05) is 17.5 Å². The van der Waals surface area contributed by atoms with Gasteiger partial charge in [-0.25, -0.2) is 8.42 Å². The van der Waals surface area contributed by atoms with Gasteiger partial charge >= 0.3 is 0 Å². The molecular formula is C15H21NO3S2. The molecule has 6 heteroatoms. The molecule has 2 heterocycles. The molecule has 2 rings (SSSR count). The molecule has 1 fully saturated rings. The Kier molecular flexibility index (Phi) is 4.79. The minimum atomic E-state index is -2.84. The zero-order chi connectivity index (χ0) is 15.7. The van der Waals surface area contributed by atoms with Crippen LogP contribution in [0.5, 0.6) is 0 Å². The summed E-state index contributed by atoms with van der Waals surface area (Å²) in [5, 5.41) is 9.59. The summed E-state index contributed by atoms with van der Waals surface area (Å²) in [6.07, 6.45) is 0.718. The average molecular weight is 327 g/mol. The van der Waals surface area contributed by atoms with Crippen LogP contribution in [0.3, 0.4) is 0 Å². The SMILES string of the molecule is CN(Cc1ccc(C#CC(C)(C)O)s1)[C@@H]1CCS(=O)(=O)C1. The lowest BCUT2D eigenvalue weighted by Crippen LogP contribution is -2.31. The van der Waals surface area contributed by atoms with Gasteiger partial charge in [0.15, 0.2) is 9.84 Å². The molecule has 0 spiro atoms. The van der Waals surface area contributed by atoms with Crippen molar-refractivity contribution >= 4 is 21.2 Å². The molecule has 1 N–H and O–H groups in total. The van der Waals surface area contributed by atoms with Gasteiger partial charge in [-0.1, -0.05) is 11.8 Å². The van der Waals surface area contributed by atoms with Crippen LogP contribution >= 0.6 is 11.3 Å². The molecule has 0 unspecified atom stereocenters. The highest BCUT2D eigenvalue weighted by Gasteiger charge is 2.30. The molecule has 0 amide bonds. The lowest BCUT2D eigenvalue weighted by atomic mass is 10.1. The normalized spacial score (nSPS) is 21.3. The first-order chi connectivity index (χ1) is 9.65. The standard InChI is InChI=1S/C15H21NO3S2/c1-15(2,17)8-6-13-4-5-14(20-13)10-16(3)12-7-9-21(18,19)11-12/h4-5,12,17H,7,9-11H2,1-3H3/t12-/m1/s1. The number of rotatable bonds is 3. The summed E-state index contributed by atoms with van der Waals surface area (Å²) in [7, 11) is -0.875. The quantitative estimate of drug-likeness (QED) is 0.855. The van der Waals surface area contributed by atoms with Crippen molar-refractivity contribution in [3.63, 3.8) is 0 Å². The summed E-state index contributed by atoms with van der Waals surface area (Å²) in [5.74, 6) is 6.32. The summed E-state index contributed by atoms with van der Waals surface area (Å²) in [6.45, 7) is 4.04. The van der Waals surface area contributed by atoms with E-state index in [4.69, 9.17) is 0 Å². The maximum absolute atomic E-state index is 11.5. The number of thiophene rings is 1. The second-order valence-corrected chi connectivity index (χ2v) is 9.44. The van der Waals surface area contributed by atoms with Gasteiger partial charge in [-0.3, -0.25) is 4.90 Å². The molecule has 0 saturated carbocycles. The van der Waals surface area contributed by atoms with Crippen LogP contribution in [0.4, 0.5) is 0 Å². The van der Waals surface area contributed by atoms with Crippen molar-refractivity contribution in [1.82, 2.24) is 4.90 Å². The van der Waals surface area contributed by atoms with Gasteiger partial charge in [-0.05, 0) is 39.4 Å². The average Bonchev–Trinajstić information content (AvgIpc) is 2.92. The molecule has 1 saturated heterocycles. The Bertz CT molecular complexity index is 659. The number of hydrogen-bond acceptors (Lipinski definition) is 5. The molecular weight excluding hydrogens is 306 g/mol. The van der Waals surface area contributed by atoms with Gasteiger partial charge < -0.3 is 5.11 Å². The van der Waals surface area contributed by atoms with Crippen molar-refractivity contribution in [2.45, 2.75) is 38.5 Å². The molecule has 116 valence electrons. The molecule has 1 aromatic rings. The summed E-state index contributed by atoms with van der Waals surface area (Å²) in [6, 6.07) is 4.07. The van der Waals surface area contributed by atoms with Crippen LogP contribution in [0.25, 0.3) is 0 Å². The van der Waals surface area contributed by atoms with Crippen LogP contribution in [-0.2, 0) is 16.4 Å². The summed E-state index contributed by atoms with van der Waals surface area (Å²) < 4.78 is 23.0. The largest absolute Gasteiger partial charge is 0.378 e. The van der Waals surface area contributed by atoms with Crippen LogP contribution in [0.15, 0.2) is 12.1 Å².